The molecule has 0 aromatic carbocycles. The summed E-state index contributed by atoms with van der Waals surface area (Å²) in [6.07, 6.45) is 4.78. The van der Waals surface area contributed by atoms with E-state index in [0.717, 1.165) is 19.4 Å². The van der Waals surface area contributed by atoms with E-state index in [2.05, 4.69) is 36.3 Å². The summed E-state index contributed by atoms with van der Waals surface area (Å²) >= 11 is 0. The highest BCUT2D eigenvalue weighted by molar-refractivity contribution is 5.81. The molecule has 0 aromatic rings. The average molecular weight is 269 g/mol. The Balaban J connectivity index is 2.23. The van der Waals surface area contributed by atoms with Crippen LogP contribution >= 0.6 is 0 Å². The van der Waals surface area contributed by atoms with Crippen molar-refractivity contribution >= 4 is 5.91 Å². The van der Waals surface area contributed by atoms with Gasteiger partial charge in [-0.1, -0.05) is 13.3 Å². The highest BCUT2D eigenvalue weighted by Gasteiger charge is 2.19. The van der Waals surface area contributed by atoms with E-state index in [4.69, 9.17) is 0 Å². The van der Waals surface area contributed by atoms with Gasteiger partial charge in [-0.05, 0) is 53.1 Å². The Bertz CT molecular complexity index is 264. The number of amides is 1. The lowest BCUT2D eigenvalue weighted by molar-refractivity contribution is -0.123. The Kier molecular flexibility index (Phi) is 7.39. The van der Waals surface area contributed by atoms with Crippen molar-refractivity contribution < 1.29 is 4.79 Å². The second-order valence-electron chi connectivity index (χ2n) is 6.00. The lowest BCUT2D eigenvalue weighted by Crippen LogP contribution is -2.50. The predicted molar refractivity (Wildman–Crippen MR) is 80.2 cm³/mol. The van der Waals surface area contributed by atoms with Gasteiger partial charge < -0.3 is 15.5 Å². The Morgan fingerprint density at radius 3 is 2.37 bits per heavy atom. The van der Waals surface area contributed by atoms with Crippen LogP contribution < -0.4 is 10.6 Å². The molecule has 1 amide bonds. The standard InChI is InChI=1S/C15H31N3O/c1-5-8-12(2)17-15(19)14(4)16-13(3)11-18-9-6-7-10-18/h12-14,16H,5-11H2,1-4H3,(H,17,19). The molecular weight excluding hydrogens is 238 g/mol. The minimum absolute atomic E-state index is 0.114. The van der Waals surface area contributed by atoms with Gasteiger partial charge in [0, 0.05) is 18.6 Å². The third kappa shape index (κ3) is 6.39. The lowest BCUT2D eigenvalue weighted by Gasteiger charge is -2.25. The summed E-state index contributed by atoms with van der Waals surface area (Å²) in [6.45, 7) is 11.8. The summed E-state index contributed by atoms with van der Waals surface area (Å²) in [5, 5.41) is 6.46. The molecule has 1 aliphatic heterocycles. The summed E-state index contributed by atoms with van der Waals surface area (Å²) in [5.41, 5.74) is 0. The van der Waals surface area contributed by atoms with E-state index < -0.39 is 0 Å². The maximum absolute atomic E-state index is 12.0. The highest BCUT2D eigenvalue weighted by atomic mass is 16.2. The van der Waals surface area contributed by atoms with Gasteiger partial charge in [-0.25, -0.2) is 0 Å². The quantitative estimate of drug-likeness (QED) is 0.705. The van der Waals surface area contributed by atoms with Gasteiger partial charge in [0.1, 0.15) is 0 Å². The molecular formula is C15H31N3O. The Labute approximate surface area is 118 Å². The molecule has 1 rings (SSSR count). The van der Waals surface area contributed by atoms with E-state index in [9.17, 15) is 4.79 Å². The predicted octanol–water partition coefficient (Wildman–Crippen LogP) is 1.75. The van der Waals surface area contributed by atoms with Crippen molar-refractivity contribution in [3.63, 3.8) is 0 Å². The van der Waals surface area contributed by atoms with Crippen molar-refractivity contribution in [3.8, 4) is 0 Å². The highest BCUT2D eigenvalue weighted by Crippen LogP contribution is 2.07. The number of carbonyl (C=O) groups is 1. The summed E-state index contributed by atoms with van der Waals surface area (Å²) in [4.78, 5) is 14.5. The smallest absolute Gasteiger partial charge is 0.237 e. The van der Waals surface area contributed by atoms with Crippen LogP contribution in [-0.2, 0) is 4.79 Å². The molecule has 19 heavy (non-hydrogen) atoms. The molecule has 0 bridgehead atoms. The lowest BCUT2D eigenvalue weighted by atomic mass is 10.1. The van der Waals surface area contributed by atoms with E-state index in [1.54, 1.807) is 0 Å². The molecule has 1 saturated heterocycles. The fraction of sp³-hybridized carbons (Fsp3) is 0.933. The van der Waals surface area contributed by atoms with Gasteiger partial charge in [-0.15, -0.1) is 0 Å². The molecule has 0 saturated carbocycles. The molecule has 1 heterocycles. The number of nitrogens with zero attached hydrogens (tertiary/aromatic N) is 1. The first-order valence-electron chi connectivity index (χ1n) is 7.81. The largest absolute Gasteiger partial charge is 0.352 e. The van der Waals surface area contributed by atoms with Gasteiger partial charge in [0.15, 0.2) is 0 Å². The molecule has 0 aromatic heterocycles. The van der Waals surface area contributed by atoms with Crippen molar-refractivity contribution in [2.45, 2.75) is 71.5 Å². The van der Waals surface area contributed by atoms with E-state index in [0.29, 0.717) is 6.04 Å². The van der Waals surface area contributed by atoms with Crippen LogP contribution in [-0.4, -0.2) is 48.6 Å². The van der Waals surface area contributed by atoms with Crippen LogP contribution in [0, 0.1) is 0 Å². The molecule has 0 radical (unpaired) electrons. The third-order valence-corrected chi connectivity index (χ3v) is 3.77. The fourth-order valence-electron chi connectivity index (χ4n) is 2.78. The molecule has 0 aliphatic carbocycles. The minimum Gasteiger partial charge on any atom is -0.352 e. The monoisotopic (exact) mass is 269 g/mol. The maximum Gasteiger partial charge on any atom is 0.237 e. The van der Waals surface area contributed by atoms with Crippen LogP contribution in [0.4, 0.5) is 0 Å². The van der Waals surface area contributed by atoms with Gasteiger partial charge in [0.2, 0.25) is 5.91 Å². The molecule has 1 fully saturated rings. The van der Waals surface area contributed by atoms with E-state index in [1.165, 1.54) is 25.9 Å². The molecule has 3 atom stereocenters. The number of hydrogen-bond acceptors (Lipinski definition) is 3. The van der Waals surface area contributed by atoms with Crippen LogP contribution in [0.25, 0.3) is 0 Å². The molecule has 4 nitrogen and oxygen atoms in total. The first kappa shape index (κ1) is 16.4. The van der Waals surface area contributed by atoms with Crippen molar-refractivity contribution in [2.24, 2.45) is 0 Å². The van der Waals surface area contributed by atoms with Gasteiger partial charge >= 0.3 is 0 Å². The zero-order valence-corrected chi connectivity index (χ0v) is 13.0. The molecule has 4 heteroatoms. The van der Waals surface area contributed by atoms with E-state index in [1.807, 2.05) is 6.92 Å². The Hall–Kier alpha value is -0.610. The number of likely N-dealkylation sites (tertiary alicyclic amines) is 1. The summed E-state index contributed by atoms with van der Waals surface area (Å²) in [6, 6.07) is 0.521. The number of nitrogens with one attached hydrogen (secondary N) is 2. The van der Waals surface area contributed by atoms with Crippen molar-refractivity contribution in [1.29, 1.82) is 0 Å². The van der Waals surface area contributed by atoms with Gasteiger partial charge in [-0.2, -0.15) is 0 Å². The van der Waals surface area contributed by atoms with Gasteiger partial charge in [-0.3, -0.25) is 4.79 Å². The van der Waals surface area contributed by atoms with Crippen LogP contribution in [0.15, 0.2) is 0 Å². The zero-order chi connectivity index (χ0) is 14.3. The van der Waals surface area contributed by atoms with Crippen LogP contribution in [0.1, 0.15) is 53.4 Å². The normalized spacial score (nSPS) is 21.1. The van der Waals surface area contributed by atoms with Crippen molar-refractivity contribution in [3.05, 3.63) is 0 Å². The molecule has 3 unspecified atom stereocenters. The van der Waals surface area contributed by atoms with Crippen molar-refractivity contribution in [2.75, 3.05) is 19.6 Å². The van der Waals surface area contributed by atoms with E-state index in [-0.39, 0.29) is 18.0 Å². The Morgan fingerprint density at radius 2 is 1.79 bits per heavy atom. The van der Waals surface area contributed by atoms with Gasteiger partial charge in [0.25, 0.3) is 0 Å². The van der Waals surface area contributed by atoms with E-state index >= 15 is 0 Å². The second-order valence-corrected chi connectivity index (χ2v) is 6.00. The minimum atomic E-state index is -0.114. The molecule has 112 valence electrons. The van der Waals surface area contributed by atoms with Crippen LogP contribution in [0.5, 0.6) is 0 Å². The van der Waals surface area contributed by atoms with Crippen LogP contribution in [0.2, 0.25) is 0 Å². The summed E-state index contributed by atoms with van der Waals surface area (Å²) < 4.78 is 0. The summed E-state index contributed by atoms with van der Waals surface area (Å²) in [7, 11) is 0. The number of rotatable bonds is 8. The SMILES string of the molecule is CCCC(C)NC(=O)C(C)NC(C)CN1CCCC1. The third-order valence-electron chi connectivity index (χ3n) is 3.77. The number of hydrogen-bond donors (Lipinski definition) is 2. The molecule has 0 spiro atoms. The maximum atomic E-state index is 12.0. The topological polar surface area (TPSA) is 44.4 Å². The first-order valence-corrected chi connectivity index (χ1v) is 7.81. The van der Waals surface area contributed by atoms with Gasteiger partial charge in [0.05, 0.1) is 6.04 Å². The number of carbonyl (C=O) groups excluding carboxylic acids is 1. The first-order chi connectivity index (χ1) is 9.02. The summed E-state index contributed by atoms with van der Waals surface area (Å²) in [5.74, 6) is 0.120. The van der Waals surface area contributed by atoms with Crippen molar-refractivity contribution in [1.82, 2.24) is 15.5 Å². The fourth-order valence-corrected chi connectivity index (χ4v) is 2.78. The zero-order valence-electron chi connectivity index (χ0n) is 13.0. The second kappa shape index (κ2) is 8.54. The van der Waals surface area contributed by atoms with Crippen LogP contribution in [0.3, 0.4) is 0 Å². The molecule has 2 N–H and O–H groups in total. The Morgan fingerprint density at radius 1 is 1.16 bits per heavy atom. The average Bonchev–Trinajstić information content (AvgIpc) is 2.81. The molecule has 1 aliphatic rings.